The van der Waals surface area contributed by atoms with E-state index < -0.39 is 20.2 Å². The first-order chi connectivity index (χ1) is 26.8. The molecule has 14 nitrogen and oxygen atoms in total. The van der Waals surface area contributed by atoms with Crippen molar-refractivity contribution in [1.82, 2.24) is 39.9 Å². The third kappa shape index (κ3) is 8.38. The largest absolute Gasteiger partial charge is 2.00 e. The number of hydrogen-bond acceptors (Lipinski definition) is 10. The minimum atomic E-state index is -4.64. The maximum absolute atomic E-state index is 11.7. The smallest absolute Gasteiger partial charge is 0.744 e. The van der Waals surface area contributed by atoms with Gasteiger partial charge in [0.25, 0.3) is 0 Å². The van der Waals surface area contributed by atoms with E-state index in [9.17, 15) is 25.9 Å². The van der Waals surface area contributed by atoms with Crippen LogP contribution < -0.4 is 0 Å². The van der Waals surface area contributed by atoms with Gasteiger partial charge in [-0.25, -0.2) is 36.8 Å². The number of aromatic amines is 4. The van der Waals surface area contributed by atoms with E-state index in [1.807, 2.05) is 72.8 Å². The van der Waals surface area contributed by atoms with Gasteiger partial charge in [-0.05, 0) is 134 Å². The van der Waals surface area contributed by atoms with Gasteiger partial charge in [0.2, 0.25) is 0 Å². The molecule has 1 radical (unpaired) electrons. The van der Waals surface area contributed by atoms with E-state index in [4.69, 9.17) is 0 Å². The molecule has 4 N–H and O–H groups in total. The fourth-order valence-corrected chi connectivity index (χ4v) is 7.70. The Morgan fingerprint density at radius 3 is 0.947 bits per heavy atom. The summed E-state index contributed by atoms with van der Waals surface area (Å²) in [5.74, 6) is 0. The molecule has 0 spiro atoms. The first kappa shape index (κ1) is 37.5. The molecule has 0 aromatic carbocycles. The Bertz CT molecular complexity index is 3120. The van der Waals surface area contributed by atoms with Gasteiger partial charge in [0.1, 0.15) is 20.2 Å². The fourth-order valence-electron chi connectivity index (χ4n) is 6.40. The monoisotopic (exact) mass is 837 g/mol. The van der Waals surface area contributed by atoms with Gasteiger partial charge in [-0.3, -0.25) is 0 Å². The topological polar surface area (TPSA) is 229 Å². The normalized spacial score (nSPS) is 12.9. The number of H-pyrrole nitrogens is 4. The fraction of sp³-hybridized carbons (Fsp3) is 0. The Hall–Kier alpha value is -6.47. The van der Waals surface area contributed by atoms with Crippen molar-refractivity contribution in [2.45, 2.75) is 9.79 Å². The van der Waals surface area contributed by atoms with E-state index in [-0.39, 0.29) is 37.6 Å². The Morgan fingerprint density at radius 2 is 0.632 bits per heavy atom. The van der Waals surface area contributed by atoms with E-state index in [1.54, 1.807) is 48.6 Å². The number of hydrogen-bond donors (Lipinski definition) is 4. The Morgan fingerprint density at radius 1 is 0.351 bits per heavy atom. The van der Waals surface area contributed by atoms with Gasteiger partial charge in [-0.1, -0.05) is 0 Å². The standard InChI is InChI=1S/2C20H14N4O3S.Co/c2*25-28(26,27)20-11-18-9-16-4-3-14(22-16)7-12-1-2-13(21-12)8-15-5-6-17(23-15)10-19(20)24-18;/h2*1-11,22,24H,(H,25,26,27);/q;;+2/p-2. The van der Waals surface area contributed by atoms with Crippen molar-refractivity contribution in [2.75, 3.05) is 0 Å². The summed E-state index contributed by atoms with van der Waals surface area (Å²) in [5, 5.41) is 0. The van der Waals surface area contributed by atoms with Crippen molar-refractivity contribution in [1.29, 1.82) is 0 Å². The molecule has 17 heteroatoms. The van der Waals surface area contributed by atoms with Gasteiger partial charge < -0.3 is 29.0 Å². The number of nitrogens with zero attached hydrogens (tertiary/aromatic N) is 4. The van der Waals surface area contributed by atoms with E-state index in [1.165, 1.54) is 12.1 Å². The van der Waals surface area contributed by atoms with E-state index in [0.29, 0.717) is 33.8 Å². The molecule has 16 bridgehead atoms. The van der Waals surface area contributed by atoms with Crippen LogP contribution >= 0.6 is 0 Å². The molecule has 10 rings (SSSR count). The predicted molar refractivity (Wildman–Crippen MR) is 214 cm³/mol. The summed E-state index contributed by atoms with van der Waals surface area (Å²) in [6, 6.07) is 24.2. The number of fused-ring (bicyclic) bond motifs is 16. The average molecular weight is 838 g/mol. The molecule has 6 aromatic rings. The van der Waals surface area contributed by atoms with Crippen molar-refractivity contribution < 1.29 is 42.7 Å². The van der Waals surface area contributed by atoms with Crippen LogP contribution in [0.4, 0.5) is 0 Å². The summed E-state index contributed by atoms with van der Waals surface area (Å²) in [6.45, 7) is 0. The van der Waals surface area contributed by atoms with Gasteiger partial charge in [-0.2, -0.15) is 0 Å². The Kier molecular flexibility index (Phi) is 9.56. The molecule has 10 heterocycles. The zero-order chi connectivity index (χ0) is 38.6. The minimum Gasteiger partial charge on any atom is -0.744 e. The molecule has 0 fully saturated rings. The summed E-state index contributed by atoms with van der Waals surface area (Å²) < 4.78 is 70.1. The summed E-state index contributed by atoms with van der Waals surface area (Å²) in [7, 11) is -9.28. The first-order valence-corrected chi connectivity index (χ1v) is 19.8. The zero-order valence-corrected chi connectivity index (χ0v) is 31.8. The number of aromatic nitrogens is 8. The minimum absolute atomic E-state index is 0. The van der Waals surface area contributed by atoms with Gasteiger partial charge in [0, 0.05) is 33.1 Å². The van der Waals surface area contributed by atoms with Crippen LogP contribution in [0.25, 0.3) is 92.7 Å². The second-order valence-electron chi connectivity index (χ2n) is 13.0. The molecule has 0 atom stereocenters. The van der Waals surface area contributed by atoms with E-state index in [2.05, 4.69) is 39.9 Å². The molecule has 0 amide bonds. The van der Waals surface area contributed by atoms with Gasteiger partial charge in [0.15, 0.2) is 0 Å². The molecule has 283 valence electrons. The van der Waals surface area contributed by atoms with Crippen LogP contribution in [0.5, 0.6) is 0 Å². The maximum Gasteiger partial charge on any atom is 2.00 e. The molecular weight excluding hydrogens is 812 g/mol. The van der Waals surface area contributed by atoms with E-state index in [0.717, 1.165) is 44.8 Å². The third-order valence-corrected chi connectivity index (χ3v) is 10.6. The maximum atomic E-state index is 11.7. The van der Waals surface area contributed by atoms with Crippen LogP contribution in [-0.2, 0) is 37.0 Å². The summed E-state index contributed by atoms with van der Waals surface area (Å²) in [5.41, 5.74) is 10.2. The molecule has 0 aliphatic carbocycles. The molecule has 0 saturated carbocycles. The summed E-state index contributed by atoms with van der Waals surface area (Å²) in [4.78, 5) is 29.8. The second-order valence-corrected chi connectivity index (χ2v) is 15.7. The van der Waals surface area contributed by atoms with Gasteiger partial charge in [0.05, 0.1) is 66.4 Å². The summed E-state index contributed by atoms with van der Waals surface area (Å²) >= 11 is 0. The third-order valence-electron chi connectivity index (χ3n) is 8.80. The quantitative estimate of drug-likeness (QED) is 0.129. The van der Waals surface area contributed by atoms with Crippen LogP contribution in [0, 0.1) is 0 Å². The first-order valence-electron chi connectivity index (χ1n) is 16.9. The second kappa shape index (κ2) is 14.6. The molecule has 4 aliphatic heterocycles. The SMILES string of the molecule is O=S(=O)([O-])c1cc2cc3ccc(cc4nc(cc5nc(cc1[nH]2)C=C5)C=C4)[nH]3.O=S(=O)([O-])c1cc2cc3ccc(cc4nc(cc5nc(cc1[nH]2)C=C5)C=C4)[nH]3.[Co+2]. The zero-order valence-electron chi connectivity index (χ0n) is 29.1. The Labute approximate surface area is 334 Å². The molecular formula is C40H26CoN8O6S2. The number of rotatable bonds is 2. The molecule has 57 heavy (non-hydrogen) atoms. The van der Waals surface area contributed by atoms with Crippen molar-refractivity contribution >= 4 is 113 Å². The Balaban J connectivity index is 0.000000157. The van der Waals surface area contributed by atoms with Crippen LogP contribution in [0.15, 0.2) is 94.7 Å². The van der Waals surface area contributed by atoms with Crippen LogP contribution in [-0.4, -0.2) is 65.8 Å². The predicted octanol–water partition coefficient (Wildman–Crippen LogP) is 7.12. The number of nitrogens with one attached hydrogen (secondary N) is 4. The van der Waals surface area contributed by atoms with Crippen molar-refractivity contribution in [2.24, 2.45) is 0 Å². The van der Waals surface area contributed by atoms with Gasteiger partial charge >= 0.3 is 16.8 Å². The van der Waals surface area contributed by atoms with Crippen LogP contribution in [0.2, 0.25) is 0 Å². The molecule has 4 aliphatic rings. The van der Waals surface area contributed by atoms with E-state index >= 15 is 0 Å². The van der Waals surface area contributed by atoms with Crippen molar-refractivity contribution in [3.63, 3.8) is 0 Å². The van der Waals surface area contributed by atoms with Crippen LogP contribution in [0.1, 0.15) is 45.6 Å². The molecule has 0 unspecified atom stereocenters. The van der Waals surface area contributed by atoms with Crippen molar-refractivity contribution in [3.05, 3.63) is 130 Å². The average Bonchev–Trinajstić information content (AvgIpc) is 3.97. The molecule has 0 saturated heterocycles. The van der Waals surface area contributed by atoms with Crippen molar-refractivity contribution in [3.8, 4) is 0 Å². The summed E-state index contributed by atoms with van der Waals surface area (Å²) in [6.07, 6.45) is 14.8. The molecule has 6 aromatic heterocycles. The van der Waals surface area contributed by atoms with Crippen LogP contribution in [0.3, 0.4) is 0 Å². The van der Waals surface area contributed by atoms with Gasteiger partial charge in [-0.15, -0.1) is 0 Å².